The van der Waals surface area contributed by atoms with Crippen LogP contribution in [0.5, 0.6) is 0 Å². The summed E-state index contributed by atoms with van der Waals surface area (Å²) >= 11 is 0. The van der Waals surface area contributed by atoms with E-state index in [1.54, 1.807) is 0 Å². The quantitative estimate of drug-likeness (QED) is 0.0199. The second-order valence-corrected chi connectivity index (χ2v) is 16.4. The maximum atomic E-state index is 12.8. The van der Waals surface area contributed by atoms with Crippen molar-refractivity contribution in [3.63, 3.8) is 0 Å². The van der Waals surface area contributed by atoms with Crippen molar-refractivity contribution < 1.29 is 28.6 Å². The van der Waals surface area contributed by atoms with Gasteiger partial charge in [-0.05, 0) is 96.3 Å². The smallest absolute Gasteiger partial charge is 0.306 e. The lowest BCUT2D eigenvalue weighted by Crippen LogP contribution is -2.30. The minimum Gasteiger partial charge on any atom is -0.462 e. The van der Waals surface area contributed by atoms with Crippen molar-refractivity contribution >= 4 is 17.9 Å². The maximum Gasteiger partial charge on any atom is 0.306 e. The molecule has 0 radical (unpaired) electrons. The zero-order chi connectivity index (χ0) is 46.5. The number of hydrogen-bond donors (Lipinski definition) is 0. The first-order valence-corrected chi connectivity index (χ1v) is 25.6. The molecular formula is C58H92O6. The van der Waals surface area contributed by atoms with E-state index in [0.717, 1.165) is 83.5 Å². The lowest BCUT2D eigenvalue weighted by atomic mass is 10.1. The molecule has 0 aromatic rings. The second-order valence-electron chi connectivity index (χ2n) is 16.4. The van der Waals surface area contributed by atoms with E-state index in [9.17, 15) is 14.4 Å². The van der Waals surface area contributed by atoms with Gasteiger partial charge in [-0.2, -0.15) is 0 Å². The van der Waals surface area contributed by atoms with Gasteiger partial charge in [0.25, 0.3) is 0 Å². The topological polar surface area (TPSA) is 78.9 Å². The summed E-state index contributed by atoms with van der Waals surface area (Å²) in [6.07, 6.45) is 70.4. The lowest BCUT2D eigenvalue weighted by Gasteiger charge is -2.18. The average molecular weight is 885 g/mol. The maximum absolute atomic E-state index is 12.8. The van der Waals surface area contributed by atoms with Crippen LogP contribution in [0.1, 0.15) is 207 Å². The summed E-state index contributed by atoms with van der Waals surface area (Å²) in [5.41, 5.74) is 0. The monoisotopic (exact) mass is 885 g/mol. The number of carbonyl (C=O) groups excluding carboxylic acids is 3. The summed E-state index contributed by atoms with van der Waals surface area (Å²) < 4.78 is 16.7. The van der Waals surface area contributed by atoms with E-state index >= 15 is 0 Å². The normalized spacial score (nSPS) is 13.1. The summed E-state index contributed by atoms with van der Waals surface area (Å²) in [7, 11) is 0. The van der Waals surface area contributed by atoms with Gasteiger partial charge >= 0.3 is 17.9 Å². The molecule has 6 nitrogen and oxygen atoms in total. The Morgan fingerprint density at radius 1 is 0.344 bits per heavy atom. The Bertz CT molecular complexity index is 1390. The number of esters is 3. The van der Waals surface area contributed by atoms with E-state index in [1.165, 1.54) is 70.6 Å². The van der Waals surface area contributed by atoms with Gasteiger partial charge in [0.2, 0.25) is 0 Å². The van der Waals surface area contributed by atoms with Gasteiger partial charge in [0.1, 0.15) is 13.2 Å². The number of rotatable bonds is 44. The first kappa shape index (κ1) is 59.8. The van der Waals surface area contributed by atoms with Crippen molar-refractivity contribution in [3.8, 4) is 0 Å². The van der Waals surface area contributed by atoms with Crippen LogP contribution in [-0.4, -0.2) is 37.2 Å². The molecule has 6 heteroatoms. The van der Waals surface area contributed by atoms with Gasteiger partial charge in [0.15, 0.2) is 6.10 Å². The van der Waals surface area contributed by atoms with Crippen LogP contribution in [0, 0.1) is 0 Å². The second kappa shape index (κ2) is 51.4. The average Bonchev–Trinajstić information content (AvgIpc) is 3.29. The molecule has 0 heterocycles. The molecule has 0 rings (SSSR count). The molecule has 0 aliphatic heterocycles. The summed E-state index contributed by atoms with van der Waals surface area (Å²) in [6.45, 7) is 6.28. The molecule has 0 spiro atoms. The van der Waals surface area contributed by atoms with Crippen molar-refractivity contribution in [3.05, 3.63) is 122 Å². The Labute approximate surface area is 392 Å². The zero-order valence-corrected chi connectivity index (χ0v) is 41.0. The van der Waals surface area contributed by atoms with Crippen LogP contribution in [0.15, 0.2) is 122 Å². The molecule has 0 saturated heterocycles. The SMILES string of the molecule is CC\C=C/C=C\C=C/C=C\C=C/CCCCCC(=O)OC(COC(=O)CCC/C=C\C/C=C\C/C=C\CCCCCCCC)COC(=O)CCCCCCCCC/C=C\C/C=C\CC. The van der Waals surface area contributed by atoms with Crippen molar-refractivity contribution in [2.24, 2.45) is 0 Å². The zero-order valence-electron chi connectivity index (χ0n) is 41.0. The summed E-state index contributed by atoms with van der Waals surface area (Å²) in [5.74, 6) is -1.03. The molecule has 0 fully saturated rings. The minimum atomic E-state index is -0.827. The number of allylic oxidation sites excluding steroid dienone is 20. The first-order chi connectivity index (χ1) is 31.5. The van der Waals surface area contributed by atoms with Gasteiger partial charge in [0.05, 0.1) is 0 Å². The van der Waals surface area contributed by atoms with E-state index < -0.39 is 6.10 Å². The summed E-state index contributed by atoms with van der Waals surface area (Å²) in [4.78, 5) is 38.0. The Morgan fingerprint density at radius 3 is 1.22 bits per heavy atom. The van der Waals surface area contributed by atoms with E-state index in [-0.39, 0.29) is 44.0 Å². The Hall–Kier alpha value is -4.19. The molecule has 0 saturated carbocycles. The fourth-order valence-corrected chi connectivity index (χ4v) is 6.52. The van der Waals surface area contributed by atoms with Gasteiger partial charge in [-0.15, -0.1) is 0 Å². The van der Waals surface area contributed by atoms with Gasteiger partial charge in [-0.1, -0.05) is 213 Å². The molecule has 360 valence electrons. The molecule has 0 aliphatic rings. The van der Waals surface area contributed by atoms with Gasteiger partial charge in [-0.3, -0.25) is 14.4 Å². The minimum absolute atomic E-state index is 0.119. The third-order valence-corrected chi connectivity index (χ3v) is 10.3. The summed E-state index contributed by atoms with van der Waals surface area (Å²) in [5, 5.41) is 0. The Kier molecular flexibility index (Phi) is 48.1. The van der Waals surface area contributed by atoms with Crippen LogP contribution in [0.25, 0.3) is 0 Å². The molecule has 64 heavy (non-hydrogen) atoms. The first-order valence-electron chi connectivity index (χ1n) is 25.6. The van der Waals surface area contributed by atoms with Crippen molar-refractivity contribution in [2.75, 3.05) is 13.2 Å². The molecule has 0 N–H and O–H groups in total. The van der Waals surface area contributed by atoms with Crippen molar-refractivity contribution in [1.29, 1.82) is 0 Å². The highest BCUT2D eigenvalue weighted by Crippen LogP contribution is 2.13. The molecule has 0 amide bonds. The van der Waals surface area contributed by atoms with E-state index in [1.807, 2.05) is 48.6 Å². The predicted octanol–water partition coefficient (Wildman–Crippen LogP) is 16.9. The van der Waals surface area contributed by atoms with E-state index in [2.05, 4.69) is 93.7 Å². The molecule has 1 unspecified atom stereocenters. The van der Waals surface area contributed by atoms with Crippen LogP contribution in [0.3, 0.4) is 0 Å². The predicted molar refractivity (Wildman–Crippen MR) is 274 cm³/mol. The Morgan fingerprint density at radius 2 is 0.703 bits per heavy atom. The highest BCUT2D eigenvalue weighted by molar-refractivity contribution is 5.71. The van der Waals surface area contributed by atoms with Crippen LogP contribution in [0.4, 0.5) is 0 Å². The largest absolute Gasteiger partial charge is 0.462 e. The third kappa shape index (κ3) is 48.8. The molecule has 1 atom stereocenters. The van der Waals surface area contributed by atoms with Gasteiger partial charge < -0.3 is 14.2 Å². The third-order valence-electron chi connectivity index (χ3n) is 10.3. The van der Waals surface area contributed by atoms with Gasteiger partial charge in [0, 0.05) is 19.3 Å². The molecule has 0 bridgehead atoms. The van der Waals surface area contributed by atoms with Crippen LogP contribution in [0.2, 0.25) is 0 Å². The molecule has 0 aliphatic carbocycles. The number of hydrogen-bond acceptors (Lipinski definition) is 6. The van der Waals surface area contributed by atoms with Crippen molar-refractivity contribution in [2.45, 2.75) is 213 Å². The number of carbonyl (C=O) groups is 3. The van der Waals surface area contributed by atoms with Crippen molar-refractivity contribution in [1.82, 2.24) is 0 Å². The highest BCUT2D eigenvalue weighted by atomic mass is 16.6. The highest BCUT2D eigenvalue weighted by Gasteiger charge is 2.19. The molecule has 0 aromatic carbocycles. The van der Waals surface area contributed by atoms with E-state index in [0.29, 0.717) is 19.3 Å². The van der Waals surface area contributed by atoms with Crippen LogP contribution >= 0.6 is 0 Å². The van der Waals surface area contributed by atoms with E-state index in [4.69, 9.17) is 14.2 Å². The fraction of sp³-hybridized carbons (Fsp3) is 0.603. The number of unbranched alkanes of at least 4 members (excludes halogenated alkanes) is 17. The summed E-state index contributed by atoms with van der Waals surface area (Å²) in [6, 6.07) is 0. The van der Waals surface area contributed by atoms with Crippen LogP contribution < -0.4 is 0 Å². The molecule has 0 aromatic heterocycles. The lowest BCUT2D eigenvalue weighted by molar-refractivity contribution is -0.167. The standard InChI is InChI=1S/C58H92O6/c1-4-7-10-13-16-19-22-25-28-29-31-33-36-39-42-45-48-51-57(60)63-54-55(53-62-56(59)50-47-44-41-38-35-32-27-24-21-18-15-12-9-6-3)64-58(61)52-49-46-43-40-37-34-30-26-23-20-17-14-11-8-5-2/h8-9,11-12,14,17-18,20-21,23,25-26,28,30-31,33-34,37,39,42,55H,4-7,10,13,15-16,19,22,24,27,29,32,35-36,38,40-41,43-54H2,1-3H3/b11-8-,12-9-,17-14-,21-18-,23-20-,28-25-,30-26-,33-31-,37-34-,42-39-. The van der Waals surface area contributed by atoms with Gasteiger partial charge in [-0.25, -0.2) is 0 Å². The van der Waals surface area contributed by atoms with Crippen LogP contribution in [-0.2, 0) is 28.6 Å². The Balaban J connectivity index is 4.57. The fourth-order valence-electron chi connectivity index (χ4n) is 6.52. The number of ether oxygens (including phenoxy) is 3. The molecular weight excluding hydrogens is 793 g/mol.